The quantitative estimate of drug-likeness (QED) is 0.291. The van der Waals surface area contributed by atoms with E-state index in [2.05, 4.69) is 9.80 Å². The molecule has 0 radical (unpaired) electrons. The van der Waals surface area contributed by atoms with Crippen LogP contribution < -0.4 is 11.1 Å². The molecular formula is C37H51N7O8. The van der Waals surface area contributed by atoms with Crippen molar-refractivity contribution in [3.8, 4) is 0 Å². The molecule has 52 heavy (non-hydrogen) atoms. The molecule has 0 spiro atoms. The van der Waals surface area contributed by atoms with Crippen molar-refractivity contribution >= 4 is 27.7 Å². The lowest BCUT2D eigenvalue weighted by atomic mass is 10.1. The van der Waals surface area contributed by atoms with E-state index in [0.717, 1.165) is 11.1 Å². The Morgan fingerprint density at radius 2 is 1.08 bits per heavy atom. The zero-order chi connectivity index (χ0) is 37.0. The van der Waals surface area contributed by atoms with Gasteiger partial charge < -0.3 is 29.0 Å². The maximum absolute atomic E-state index is 13.6. The molecule has 1 aliphatic heterocycles. The SMILES string of the molecule is Cc1cccc2c(=O)n(CO)c(CN3CCOCCOCCN(Cc4nc5c(C)cccc5c(=O)n4CC(=O)N(C)C)CCOCCOCC3)nc12. The Morgan fingerprint density at radius 3 is 1.48 bits per heavy atom. The first-order valence-corrected chi connectivity index (χ1v) is 17.7. The van der Waals surface area contributed by atoms with Crippen LogP contribution in [-0.2, 0) is 50.1 Å². The normalized spacial score (nSPS) is 16.9. The number of hydrogen-bond donors (Lipinski definition) is 1. The highest BCUT2D eigenvalue weighted by molar-refractivity contribution is 5.82. The van der Waals surface area contributed by atoms with Crippen molar-refractivity contribution in [2.45, 2.75) is 40.2 Å². The average Bonchev–Trinajstić information content (AvgIpc) is 3.12. The second-order valence-electron chi connectivity index (χ2n) is 13.1. The molecule has 15 nitrogen and oxygen atoms in total. The van der Waals surface area contributed by atoms with Crippen LogP contribution >= 0.6 is 0 Å². The van der Waals surface area contributed by atoms with Crippen LogP contribution in [0.15, 0.2) is 46.0 Å². The predicted molar refractivity (Wildman–Crippen MR) is 196 cm³/mol. The molecule has 5 rings (SSSR count). The van der Waals surface area contributed by atoms with Gasteiger partial charge in [-0.15, -0.1) is 0 Å². The largest absolute Gasteiger partial charge is 0.378 e. The number of aryl methyl sites for hydroxylation is 2. The van der Waals surface area contributed by atoms with Gasteiger partial charge in [-0.2, -0.15) is 0 Å². The van der Waals surface area contributed by atoms with Gasteiger partial charge in [0.2, 0.25) is 5.91 Å². The summed E-state index contributed by atoms with van der Waals surface area (Å²) >= 11 is 0. The molecule has 15 heteroatoms. The number of carbonyl (C=O) groups excluding carboxylic acids is 1. The number of fused-ring (bicyclic) bond motifs is 2. The number of aliphatic hydroxyl groups excluding tert-OH is 1. The highest BCUT2D eigenvalue weighted by atomic mass is 16.5. The van der Waals surface area contributed by atoms with E-state index in [4.69, 9.17) is 28.9 Å². The molecule has 1 saturated heterocycles. The molecule has 3 heterocycles. The third-order valence-corrected chi connectivity index (χ3v) is 9.15. The van der Waals surface area contributed by atoms with Crippen LogP contribution in [-0.4, -0.2) is 138 Å². The number of amides is 1. The number of benzene rings is 2. The second kappa shape index (κ2) is 19.1. The molecule has 0 unspecified atom stereocenters. The average molecular weight is 722 g/mol. The van der Waals surface area contributed by atoms with Gasteiger partial charge in [0.15, 0.2) is 0 Å². The van der Waals surface area contributed by atoms with Gasteiger partial charge in [0.25, 0.3) is 11.1 Å². The number of aliphatic hydroxyl groups is 1. The van der Waals surface area contributed by atoms with Crippen LogP contribution in [0.2, 0.25) is 0 Å². The van der Waals surface area contributed by atoms with E-state index in [0.29, 0.717) is 126 Å². The molecule has 1 amide bonds. The van der Waals surface area contributed by atoms with E-state index in [1.807, 2.05) is 38.1 Å². The van der Waals surface area contributed by atoms with Crippen molar-refractivity contribution in [2.24, 2.45) is 0 Å². The summed E-state index contributed by atoms with van der Waals surface area (Å²) in [5.74, 6) is 0.783. The minimum atomic E-state index is -0.466. The third-order valence-electron chi connectivity index (χ3n) is 9.15. The van der Waals surface area contributed by atoms with Gasteiger partial charge in [0.05, 0.1) is 87.8 Å². The number of ether oxygens (including phenoxy) is 4. The Morgan fingerprint density at radius 1 is 0.673 bits per heavy atom. The zero-order valence-electron chi connectivity index (χ0n) is 30.7. The van der Waals surface area contributed by atoms with E-state index in [-0.39, 0.29) is 23.6 Å². The van der Waals surface area contributed by atoms with Crippen LogP contribution in [0.5, 0.6) is 0 Å². The lowest BCUT2D eigenvalue weighted by Gasteiger charge is -2.25. The maximum Gasteiger partial charge on any atom is 0.263 e. The Balaban J connectivity index is 1.23. The summed E-state index contributed by atoms with van der Waals surface area (Å²) < 4.78 is 26.5. The van der Waals surface area contributed by atoms with Crippen molar-refractivity contribution in [1.29, 1.82) is 0 Å². The predicted octanol–water partition coefficient (Wildman–Crippen LogP) is 1.15. The van der Waals surface area contributed by atoms with Gasteiger partial charge >= 0.3 is 0 Å². The number of hydrogen-bond acceptors (Lipinski definition) is 12. The molecule has 0 saturated carbocycles. The summed E-state index contributed by atoms with van der Waals surface area (Å²) in [6.45, 7) is 9.34. The highest BCUT2D eigenvalue weighted by Crippen LogP contribution is 2.16. The number of nitrogens with zero attached hydrogens (tertiary/aromatic N) is 7. The molecule has 0 aliphatic carbocycles. The number of rotatable bonds is 7. The molecule has 0 bridgehead atoms. The Labute approximate surface area is 303 Å². The van der Waals surface area contributed by atoms with E-state index in [1.54, 1.807) is 26.2 Å². The summed E-state index contributed by atoms with van der Waals surface area (Å²) in [5, 5.41) is 11.0. The van der Waals surface area contributed by atoms with Crippen molar-refractivity contribution in [2.75, 3.05) is 93.1 Å². The summed E-state index contributed by atoms with van der Waals surface area (Å²) in [4.78, 5) is 54.9. The Kier molecular flexibility index (Phi) is 14.4. The minimum absolute atomic E-state index is 0.107. The van der Waals surface area contributed by atoms with Gasteiger partial charge in [0.1, 0.15) is 24.9 Å². The summed E-state index contributed by atoms with van der Waals surface area (Å²) in [6, 6.07) is 11.0. The molecule has 1 aliphatic rings. The minimum Gasteiger partial charge on any atom is -0.378 e. The fourth-order valence-electron chi connectivity index (χ4n) is 6.05. The van der Waals surface area contributed by atoms with Crippen LogP contribution in [0, 0.1) is 13.8 Å². The number of aromatic nitrogens is 4. The number of carbonyl (C=O) groups is 1. The monoisotopic (exact) mass is 721 g/mol. The molecule has 2 aromatic heterocycles. The Bertz CT molecular complexity index is 1910. The van der Waals surface area contributed by atoms with Gasteiger partial charge in [-0.1, -0.05) is 24.3 Å². The summed E-state index contributed by atoms with van der Waals surface area (Å²) in [6.07, 6.45) is 0. The van der Waals surface area contributed by atoms with Crippen LogP contribution in [0.3, 0.4) is 0 Å². The topological polar surface area (TPSA) is 154 Å². The Hall–Kier alpha value is -4.09. The summed E-state index contributed by atoms with van der Waals surface area (Å²) in [5.41, 5.74) is 2.53. The van der Waals surface area contributed by atoms with Crippen LogP contribution in [0.1, 0.15) is 22.8 Å². The lowest BCUT2D eigenvalue weighted by molar-refractivity contribution is -0.129. The van der Waals surface area contributed by atoms with Crippen LogP contribution in [0.25, 0.3) is 21.8 Å². The fraction of sp³-hybridized carbons (Fsp3) is 0.541. The first-order chi connectivity index (χ1) is 25.2. The van der Waals surface area contributed by atoms with Crippen LogP contribution in [0.4, 0.5) is 0 Å². The first-order valence-electron chi connectivity index (χ1n) is 17.7. The maximum atomic E-state index is 13.6. The molecule has 4 aromatic rings. The van der Waals surface area contributed by atoms with Gasteiger partial charge in [-0.25, -0.2) is 9.97 Å². The number of para-hydroxylation sites is 2. The van der Waals surface area contributed by atoms with E-state index < -0.39 is 6.73 Å². The highest BCUT2D eigenvalue weighted by Gasteiger charge is 2.19. The van der Waals surface area contributed by atoms with E-state index >= 15 is 0 Å². The smallest absolute Gasteiger partial charge is 0.263 e. The van der Waals surface area contributed by atoms with Gasteiger partial charge in [0, 0.05) is 40.3 Å². The molecule has 282 valence electrons. The molecule has 1 fully saturated rings. The van der Waals surface area contributed by atoms with Crippen molar-refractivity contribution < 1.29 is 28.8 Å². The fourth-order valence-corrected chi connectivity index (χ4v) is 6.05. The van der Waals surface area contributed by atoms with E-state index in [9.17, 15) is 19.5 Å². The van der Waals surface area contributed by atoms with Crippen molar-refractivity contribution in [3.63, 3.8) is 0 Å². The third kappa shape index (κ3) is 10.1. The standard InChI is InChI=1S/C37H51N7O8/c1-27-7-5-9-29-34(27)38-31(43(36(29)47)25-33(46)40(3)4)23-41-11-15-49-19-21-51-17-13-42(14-18-52-22-20-50-16-12-41)24-32-39-35-28(2)8-6-10-30(35)37(48)44(32)26-45/h5-10,45H,11-26H2,1-4H3. The first kappa shape index (κ1) is 39.1. The molecular weight excluding hydrogens is 670 g/mol. The molecule has 0 atom stereocenters. The molecule has 1 N–H and O–H groups in total. The lowest BCUT2D eigenvalue weighted by Crippen LogP contribution is -2.38. The molecule has 2 aromatic carbocycles. The zero-order valence-corrected chi connectivity index (χ0v) is 30.7. The van der Waals surface area contributed by atoms with E-state index in [1.165, 1.54) is 14.0 Å². The van der Waals surface area contributed by atoms with Gasteiger partial charge in [-0.05, 0) is 37.1 Å². The number of likely N-dealkylation sites (N-methyl/N-ethyl adjacent to an activating group) is 1. The second-order valence-corrected chi connectivity index (χ2v) is 13.1. The van der Waals surface area contributed by atoms with Crippen molar-refractivity contribution in [3.05, 3.63) is 79.9 Å². The summed E-state index contributed by atoms with van der Waals surface area (Å²) in [7, 11) is 3.33. The van der Waals surface area contributed by atoms with Gasteiger partial charge in [-0.3, -0.25) is 33.3 Å². The van der Waals surface area contributed by atoms with Crippen molar-refractivity contribution in [1.82, 2.24) is 33.8 Å².